The SMILES string of the molecule is COc1cccc(C(=O)N2CCSC23CCN(S(=O)(=O)c2ccc4ccccc4c2)CC3)c1. The number of piperidine rings is 1. The molecule has 1 amide bonds. The molecule has 6 nitrogen and oxygen atoms in total. The predicted molar refractivity (Wildman–Crippen MR) is 131 cm³/mol. The van der Waals surface area contributed by atoms with Crippen molar-refractivity contribution in [2.75, 3.05) is 32.5 Å². The van der Waals surface area contributed by atoms with Crippen molar-refractivity contribution in [3.63, 3.8) is 0 Å². The number of amides is 1. The number of carbonyl (C=O) groups is 1. The maximum atomic E-state index is 13.4. The molecule has 3 aromatic carbocycles. The normalized spacial score (nSPS) is 18.6. The molecule has 0 aromatic heterocycles. The molecular weight excluding hydrogens is 456 g/mol. The molecule has 0 unspecified atom stereocenters. The van der Waals surface area contributed by atoms with Gasteiger partial charge in [0.2, 0.25) is 10.0 Å². The van der Waals surface area contributed by atoms with E-state index in [-0.39, 0.29) is 10.8 Å². The van der Waals surface area contributed by atoms with Crippen LogP contribution >= 0.6 is 11.8 Å². The molecule has 0 aliphatic carbocycles. The lowest BCUT2D eigenvalue weighted by molar-refractivity contribution is 0.0605. The molecule has 2 aliphatic heterocycles. The Bertz CT molecular complexity index is 1300. The average Bonchev–Trinajstić information content (AvgIpc) is 3.26. The van der Waals surface area contributed by atoms with Crippen LogP contribution in [0.15, 0.2) is 71.6 Å². The van der Waals surface area contributed by atoms with Crippen LogP contribution in [0.2, 0.25) is 0 Å². The van der Waals surface area contributed by atoms with Crippen LogP contribution in [0.5, 0.6) is 5.75 Å². The van der Waals surface area contributed by atoms with Gasteiger partial charge in [0.1, 0.15) is 5.75 Å². The highest BCUT2D eigenvalue weighted by Crippen LogP contribution is 2.45. The molecule has 2 saturated heterocycles. The van der Waals surface area contributed by atoms with Crippen molar-refractivity contribution in [1.29, 1.82) is 0 Å². The Morgan fingerprint density at radius 2 is 1.70 bits per heavy atom. The van der Waals surface area contributed by atoms with E-state index < -0.39 is 10.0 Å². The van der Waals surface area contributed by atoms with Gasteiger partial charge in [-0.05, 0) is 53.9 Å². The summed E-state index contributed by atoms with van der Waals surface area (Å²) >= 11 is 1.77. The highest BCUT2D eigenvalue weighted by molar-refractivity contribution is 8.00. The van der Waals surface area contributed by atoms with E-state index in [2.05, 4.69) is 0 Å². The summed E-state index contributed by atoms with van der Waals surface area (Å²) in [7, 11) is -2.01. The van der Waals surface area contributed by atoms with Gasteiger partial charge in [0.15, 0.2) is 0 Å². The Kier molecular flexibility index (Phi) is 5.84. The van der Waals surface area contributed by atoms with Crippen molar-refractivity contribution in [3.05, 3.63) is 72.3 Å². The van der Waals surface area contributed by atoms with Gasteiger partial charge >= 0.3 is 0 Å². The Morgan fingerprint density at radius 1 is 0.939 bits per heavy atom. The van der Waals surface area contributed by atoms with Crippen molar-refractivity contribution < 1.29 is 17.9 Å². The number of nitrogens with zero attached hydrogens (tertiary/aromatic N) is 2. The molecule has 0 atom stereocenters. The standard InChI is InChI=1S/C25H26N2O4S2/c1-31-22-8-4-7-21(17-22)24(28)27-15-16-32-25(27)11-13-26(14-12-25)33(29,30)23-10-9-19-5-2-3-6-20(19)18-23/h2-10,17-18H,11-16H2,1H3. The van der Waals surface area contributed by atoms with Crippen molar-refractivity contribution in [2.24, 2.45) is 0 Å². The second-order valence-electron chi connectivity index (χ2n) is 8.40. The molecule has 5 rings (SSSR count). The number of benzene rings is 3. The van der Waals surface area contributed by atoms with Crippen molar-refractivity contribution in [3.8, 4) is 5.75 Å². The first-order valence-corrected chi connectivity index (χ1v) is 13.4. The number of hydrogen-bond donors (Lipinski definition) is 0. The average molecular weight is 483 g/mol. The molecule has 172 valence electrons. The van der Waals surface area contributed by atoms with Crippen LogP contribution in [0, 0.1) is 0 Å². The predicted octanol–water partition coefficient (Wildman–Crippen LogP) is 4.22. The minimum Gasteiger partial charge on any atom is -0.497 e. The third-order valence-corrected chi connectivity index (χ3v) is 10.0. The lowest BCUT2D eigenvalue weighted by Gasteiger charge is -2.43. The molecule has 0 bridgehead atoms. The lowest BCUT2D eigenvalue weighted by Crippen LogP contribution is -2.53. The number of methoxy groups -OCH3 is 1. The van der Waals surface area contributed by atoms with Crippen molar-refractivity contribution in [1.82, 2.24) is 9.21 Å². The number of rotatable bonds is 4. The van der Waals surface area contributed by atoms with E-state index in [1.165, 1.54) is 0 Å². The summed E-state index contributed by atoms with van der Waals surface area (Å²) in [5.41, 5.74) is 0.599. The Hall–Kier alpha value is -2.55. The first-order valence-electron chi connectivity index (χ1n) is 11.0. The van der Waals surface area contributed by atoms with Crippen molar-refractivity contribution >= 4 is 38.5 Å². The largest absolute Gasteiger partial charge is 0.497 e. The number of ether oxygens (including phenoxy) is 1. The molecule has 0 saturated carbocycles. The minimum atomic E-state index is -3.59. The quantitative estimate of drug-likeness (QED) is 0.557. The summed E-state index contributed by atoms with van der Waals surface area (Å²) < 4.78 is 33.6. The van der Waals surface area contributed by atoms with Crippen LogP contribution in [0.1, 0.15) is 23.2 Å². The summed E-state index contributed by atoms with van der Waals surface area (Å²) in [6.07, 6.45) is 1.22. The van der Waals surface area contributed by atoms with Gasteiger partial charge in [-0.2, -0.15) is 4.31 Å². The number of thioether (sulfide) groups is 1. The fraction of sp³-hybridized carbons (Fsp3) is 0.320. The molecular formula is C25H26N2O4S2. The van der Waals surface area contributed by atoms with Gasteiger partial charge in [0.05, 0.1) is 16.9 Å². The first kappa shape index (κ1) is 22.3. The van der Waals surface area contributed by atoms with E-state index in [1.807, 2.05) is 47.4 Å². The van der Waals surface area contributed by atoms with Gasteiger partial charge in [-0.25, -0.2) is 8.42 Å². The molecule has 0 radical (unpaired) electrons. The summed E-state index contributed by atoms with van der Waals surface area (Å²) in [6.45, 7) is 1.45. The number of fused-ring (bicyclic) bond motifs is 1. The van der Waals surface area contributed by atoms with Gasteiger partial charge in [-0.3, -0.25) is 4.79 Å². The molecule has 0 N–H and O–H groups in total. The van der Waals surface area contributed by atoms with E-state index in [4.69, 9.17) is 4.74 Å². The molecule has 8 heteroatoms. The van der Waals surface area contributed by atoms with E-state index in [1.54, 1.807) is 47.4 Å². The molecule has 1 spiro atoms. The van der Waals surface area contributed by atoms with Gasteiger partial charge in [-0.15, -0.1) is 11.8 Å². The number of hydrogen-bond acceptors (Lipinski definition) is 5. The fourth-order valence-corrected chi connectivity index (χ4v) is 7.71. The smallest absolute Gasteiger partial charge is 0.255 e. The van der Waals surface area contributed by atoms with E-state index in [0.29, 0.717) is 48.7 Å². The zero-order valence-corrected chi connectivity index (χ0v) is 20.1. The maximum Gasteiger partial charge on any atom is 0.255 e. The second kappa shape index (κ2) is 8.66. The Balaban J connectivity index is 1.35. The van der Waals surface area contributed by atoms with E-state index in [0.717, 1.165) is 16.5 Å². The van der Waals surface area contributed by atoms with E-state index >= 15 is 0 Å². The summed E-state index contributed by atoms with van der Waals surface area (Å²) in [6, 6.07) is 20.3. The minimum absolute atomic E-state index is 0.0234. The van der Waals surface area contributed by atoms with Gasteiger partial charge in [0.25, 0.3) is 5.91 Å². The fourth-order valence-electron chi connectivity index (χ4n) is 4.77. The second-order valence-corrected chi connectivity index (χ2v) is 11.8. The topological polar surface area (TPSA) is 66.9 Å². The van der Waals surface area contributed by atoms with Gasteiger partial charge in [-0.1, -0.05) is 36.4 Å². The van der Waals surface area contributed by atoms with Crippen LogP contribution in [0.3, 0.4) is 0 Å². The molecule has 33 heavy (non-hydrogen) atoms. The summed E-state index contributed by atoms with van der Waals surface area (Å²) in [5.74, 6) is 1.48. The highest BCUT2D eigenvalue weighted by atomic mass is 32.2. The van der Waals surface area contributed by atoms with Crippen LogP contribution < -0.4 is 4.74 Å². The van der Waals surface area contributed by atoms with Crippen LogP contribution in [0.25, 0.3) is 10.8 Å². The lowest BCUT2D eigenvalue weighted by atomic mass is 10.0. The third kappa shape index (κ3) is 4.00. The summed E-state index contributed by atoms with van der Waals surface area (Å²) in [4.78, 5) is 15.2. The van der Waals surface area contributed by atoms with Crippen LogP contribution in [-0.2, 0) is 10.0 Å². The molecule has 2 heterocycles. The third-order valence-electron chi connectivity index (χ3n) is 6.60. The van der Waals surface area contributed by atoms with E-state index in [9.17, 15) is 13.2 Å². The van der Waals surface area contributed by atoms with Gasteiger partial charge < -0.3 is 9.64 Å². The van der Waals surface area contributed by atoms with Gasteiger partial charge in [0, 0.05) is 31.0 Å². The monoisotopic (exact) mass is 482 g/mol. The zero-order valence-electron chi connectivity index (χ0n) is 18.4. The molecule has 2 fully saturated rings. The molecule has 2 aliphatic rings. The number of carbonyl (C=O) groups excluding carboxylic acids is 1. The van der Waals surface area contributed by atoms with Crippen molar-refractivity contribution in [2.45, 2.75) is 22.6 Å². The highest BCUT2D eigenvalue weighted by Gasteiger charge is 2.48. The zero-order chi connectivity index (χ0) is 23.1. The molecule has 3 aromatic rings. The number of sulfonamides is 1. The Labute approximate surface area is 198 Å². The van der Waals surface area contributed by atoms with Crippen LogP contribution in [0.4, 0.5) is 0 Å². The summed E-state index contributed by atoms with van der Waals surface area (Å²) in [5, 5.41) is 1.93. The first-order chi connectivity index (χ1) is 15.9. The van der Waals surface area contributed by atoms with Crippen LogP contribution in [-0.4, -0.2) is 60.9 Å². The maximum absolute atomic E-state index is 13.4. The Morgan fingerprint density at radius 3 is 2.45 bits per heavy atom.